The molecule has 0 spiro atoms. The van der Waals surface area contributed by atoms with E-state index in [-0.39, 0.29) is 10.6 Å². The van der Waals surface area contributed by atoms with Gasteiger partial charge in [-0.05, 0) is 44.3 Å². The molecular weight excluding hydrogens is 290 g/mol. The summed E-state index contributed by atoms with van der Waals surface area (Å²) in [6.07, 6.45) is 1.63. The van der Waals surface area contributed by atoms with Crippen molar-refractivity contribution in [3.8, 4) is 0 Å². The molecule has 0 aliphatic heterocycles. The Labute approximate surface area is 124 Å². The number of rotatable bonds is 6. The van der Waals surface area contributed by atoms with Crippen LogP contribution in [0.15, 0.2) is 45.9 Å². The molecule has 21 heavy (non-hydrogen) atoms. The number of anilines is 2. The quantitative estimate of drug-likeness (QED) is 0.794. The Morgan fingerprint density at radius 3 is 2.62 bits per heavy atom. The molecule has 0 saturated heterocycles. The lowest BCUT2D eigenvalue weighted by Crippen LogP contribution is -2.23. The molecule has 0 atom stereocenters. The second-order valence-electron chi connectivity index (χ2n) is 4.52. The van der Waals surface area contributed by atoms with Crippen LogP contribution in [0.4, 0.5) is 11.4 Å². The molecule has 0 unspecified atom stereocenters. The van der Waals surface area contributed by atoms with Gasteiger partial charge in [-0.1, -0.05) is 0 Å². The van der Waals surface area contributed by atoms with Crippen molar-refractivity contribution in [2.45, 2.75) is 18.4 Å². The fraction of sp³-hybridized carbons (Fsp3) is 0.286. The zero-order valence-corrected chi connectivity index (χ0v) is 12.9. The van der Waals surface area contributed by atoms with Gasteiger partial charge in [0.25, 0.3) is 0 Å². The number of nitrogen functional groups attached to an aromatic ring is 1. The molecule has 0 amide bonds. The summed E-state index contributed by atoms with van der Waals surface area (Å²) in [6.45, 7) is 3.36. The smallest absolute Gasteiger partial charge is 0.242 e. The zero-order chi connectivity index (χ0) is 15.5. The third kappa shape index (κ3) is 3.37. The topological polar surface area (TPSA) is 88.6 Å². The molecule has 114 valence electrons. The molecule has 7 heteroatoms. The van der Waals surface area contributed by atoms with E-state index in [2.05, 4.69) is 4.72 Å². The molecule has 2 aromatic rings. The number of nitrogens with zero attached hydrogens (tertiary/aromatic N) is 1. The highest BCUT2D eigenvalue weighted by atomic mass is 32.2. The number of nitrogens with two attached hydrogens (primary N) is 1. The first kappa shape index (κ1) is 15.4. The van der Waals surface area contributed by atoms with E-state index in [0.717, 1.165) is 18.0 Å². The standard InChI is InChI=1S/C14H19N3O3S/c1-3-17(10-12-5-4-8-20-12)11-6-7-14(13(15)9-11)21(18,19)16-2/h4-9,16H,3,10,15H2,1-2H3. The lowest BCUT2D eigenvalue weighted by atomic mass is 10.2. The van der Waals surface area contributed by atoms with Crippen LogP contribution in [0.1, 0.15) is 12.7 Å². The van der Waals surface area contributed by atoms with Crippen molar-refractivity contribution in [3.63, 3.8) is 0 Å². The molecule has 0 radical (unpaired) electrons. The molecule has 2 rings (SSSR count). The molecule has 0 saturated carbocycles. The van der Waals surface area contributed by atoms with Crippen molar-refractivity contribution in [1.29, 1.82) is 0 Å². The molecule has 6 nitrogen and oxygen atoms in total. The van der Waals surface area contributed by atoms with Crippen molar-refractivity contribution < 1.29 is 12.8 Å². The molecular formula is C14H19N3O3S. The maximum absolute atomic E-state index is 11.8. The molecule has 0 aliphatic carbocycles. The molecule has 0 fully saturated rings. The minimum absolute atomic E-state index is 0.0859. The van der Waals surface area contributed by atoms with Gasteiger partial charge in [0.1, 0.15) is 10.7 Å². The molecule has 0 bridgehead atoms. The number of furan rings is 1. The maximum Gasteiger partial charge on any atom is 0.242 e. The first-order valence-corrected chi connectivity index (χ1v) is 8.06. The first-order chi connectivity index (χ1) is 9.97. The Morgan fingerprint density at radius 1 is 1.33 bits per heavy atom. The number of sulfonamides is 1. The Hall–Kier alpha value is -1.99. The second-order valence-corrected chi connectivity index (χ2v) is 6.38. The van der Waals surface area contributed by atoms with E-state index in [1.807, 2.05) is 24.0 Å². The average molecular weight is 309 g/mol. The Morgan fingerprint density at radius 2 is 2.10 bits per heavy atom. The fourth-order valence-electron chi connectivity index (χ4n) is 2.06. The van der Waals surface area contributed by atoms with Crippen molar-refractivity contribution >= 4 is 21.4 Å². The van der Waals surface area contributed by atoms with Gasteiger partial charge in [0, 0.05) is 12.2 Å². The summed E-state index contributed by atoms with van der Waals surface area (Å²) in [5.74, 6) is 0.836. The molecule has 1 heterocycles. The van der Waals surface area contributed by atoms with Crippen LogP contribution in [0.2, 0.25) is 0 Å². The normalized spacial score (nSPS) is 11.5. The van der Waals surface area contributed by atoms with Gasteiger partial charge in [0.05, 0.1) is 18.5 Å². The van der Waals surface area contributed by atoms with Crippen LogP contribution < -0.4 is 15.4 Å². The van der Waals surface area contributed by atoms with Gasteiger partial charge in [0.2, 0.25) is 10.0 Å². The van der Waals surface area contributed by atoms with Crippen LogP contribution in [0, 0.1) is 0 Å². The highest BCUT2D eigenvalue weighted by Crippen LogP contribution is 2.25. The van der Waals surface area contributed by atoms with Crippen molar-refractivity contribution in [3.05, 3.63) is 42.4 Å². The average Bonchev–Trinajstić information content (AvgIpc) is 2.97. The largest absolute Gasteiger partial charge is 0.467 e. The van der Waals surface area contributed by atoms with Crippen molar-refractivity contribution in [2.24, 2.45) is 0 Å². The fourth-order valence-corrected chi connectivity index (χ4v) is 2.90. The summed E-state index contributed by atoms with van der Waals surface area (Å²) in [4.78, 5) is 2.13. The summed E-state index contributed by atoms with van der Waals surface area (Å²) < 4.78 is 31.2. The molecule has 1 aromatic heterocycles. The lowest BCUT2D eigenvalue weighted by molar-refractivity contribution is 0.503. The van der Waals surface area contributed by atoms with Gasteiger partial charge in [-0.25, -0.2) is 13.1 Å². The van der Waals surface area contributed by atoms with Gasteiger partial charge in [-0.15, -0.1) is 0 Å². The van der Waals surface area contributed by atoms with Crippen LogP contribution in [-0.4, -0.2) is 22.0 Å². The Bertz CT molecular complexity index is 696. The minimum Gasteiger partial charge on any atom is -0.467 e. The highest BCUT2D eigenvalue weighted by molar-refractivity contribution is 7.89. The number of nitrogens with one attached hydrogen (secondary N) is 1. The third-order valence-electron chi connectivity index (χ3n) is 3.23. The van der Waals surface area contributed by atoms with E-state index in [1.54, 1.807) is 18.4 Å². The van der Waals surface area contributed by atoms with E-state index in [4.69, 9.17) is 10.2 Å². The SMILES string of the molecule is CCN(Cc1ccco1)c1ccc(S(=O)(=O)NC)c(N)c1. The predicted octanol–water partition coefficient (Wildman–Crippen LogP) is 1.80. The van der Waals surface area contributed by atoms with E-state index in [1.165, 1.54) is 13.1 Å². The summed E-state index contributed by atoms with van der Waals surface area (Å²) in [7, 11) is -2.18. The van der Waals surface area contributed by atoms with Gasteiger partial charge in [-0.2, -0.15) is 0 Å². The highest BCUT2D eigenvalue weighted by Gasteiger charge is 2.17. The molecule has 3 N–H and O–H groups in total. The number of hydrogen-bond donors (Lipinski definition) is 2. The number of hydrogen-bond acceptors (Lipinski definition) is 5. The number of benzene rings is 1. The first-order valence-electron chi connectivity index (χ1n) is 6.58. The Kier molecular flexibility index (Phi) is 4.54. The van der Waals surface area contributed by atoms with Gasteiger partial charge < -0.3 is 15.1 Å². The third-order valence-corrected chi connectivity index (χ3v) is 4.71. The minimum atomic E-state index is -3.54. The van der Waals surface area contributed by atoms with Crippen LogP contribution in [0.5, 0.6) is 0 Å². The van der Waals surface area contributed by atoms with Crippen LogP contribution in [-0.2, 0) is 16.6 Å². The van der Waals surface area contributed by atoms with Gasteiger partial charge in [0.15, 0.2) is 0 Å². The van der Waals surface area contributed by atoms with Crippen molar-refractivity contribution in [1.82, 2.24) is 4.72 Å². The van der Waals surface area contributed by atoms with Gasteiger partial charge in [-0.3, -0.25) is 0 Å². The van der Waals surface area contributed by atoms with E-state index in [0.29, 0.717) is 6.54 Å². The maximum atomic E-state index is 11.8. The monoisotopic (exact) mass is 309 g/mol. The molecule has 1 aromatic carbocycles. The van der Waals surface area contributed by atoms with Crippen molar-refractivity contribution in [2.75, 3.05) is 24.2 Å². The van der Waals surface area contributed by atoms with Crippen LogP contribution in [0.3, 0.4) is 0 Å². The van der Waals surface area contributed by atoms with E-state index in [9.17, 15) is 8.42 Å². The summed E-state index contributed by atoms with van der Waals surface area (Å²) >= 11 is 0. The van der Waals surface area contributed by atoms with E-state index < -0.39 is 10.0 Å². The van der Waals surface area contributed by atoms with Crippen LogP contribution >= 0.6 is 0 Å². The van der Waals surface area contributed by atoms with Crippen LogP contribution in [0.25, 0.3) is 0 Å². The lowest BCUT2D eigenvalue weighted by Gasteiger charge is -2.22. The summed E-state index contributed by atoms with van der Waals surface area (Å²) in [5.41, 5.74) is 6.95. The molecule has 0 aliphatic rings. The zero-order valence-electron chi connectivity index (χ0n) is 12.0. The van der Waals surface area contributed by atoms with E-state index >= 15 is 0 Å². The van der Waals surface area contributed by atoms with Gasteiger partial charge >= 0.3 is 0 Å². The second kappa shape index (κ2) is 6.19. The predicted molar refractivity (Wildman–Crippen MR) is 82.5 cm³/mol. The Balaban J connectivity index is 2.30. The summed E-state index contributed by atoms with van der Waals surface area (Å²) in [5, 5.41) is 0. The summed E-state index contributed by atoms with van der Waals surface area (Å²) in [6, 6.07) is 8.65.